The van der Waals surface area contributed by atoms with E-state index in [2.05, 4.69) is 22.0 Å². The lowest BCUT2D eigenvalue weighted by atomic mass is 9.96. The molecule has 50 heavy (non-hydrogen) atoms. The first-order valence-electron chi connectivity index (χ1n) is 16.1. The smallest absolute Gasteiger partial charge is 0.272 e. The zero-order valence-corrected chi connectivity index (χ0v) is 28.9. The Balaban J connectivity index is 1.23. The highest BCUT2D eigenvalue weighted by molar-refractivity contribution is 8.00. The number of rotatable bonds is 11. The van der Waals surface area contributed by atoms with Crippen LogP contribution in [0.4, 0.5) is 10.7 Å². The molecule has 1 heterocycles. The van der Waals surface area contributed by atoms with Gasteiger partial charge in [0.2, 0.25) is 5.91 Å². The Bertz CT molecular complexity index is 2070. The summed E-state index contributed by atoms with van der Waals surface area (Å²) in [7, 11) is 1.57. The minimum atomic E-state index is -0.636. The van der Waals surface area contributed by atoms with Gasteiger partial charge in [-0.15, -0.1) is 23.1 Å². The number of amides is 3. The van der Waals surface area contributed by atoms with Crippen molar-refractivity contribution in [2.75, 3.05) is 17.7 Å². The Hall–Kier alpha value is -5.63. The summed E-state index contributed by atoms with van der Waals surface area (Å²) in [6.07, 6.45) is 5.50. The molecular formula is C40H34N4O4S2. The van der Waals surface area contributed by atoms with Crippen LogP contribution in [0.2, 0.25) is 0 Å². The second kappa shape index (κ2) is 16.2. The molecule has 0 radical (unpaired) electrons. The highest BCUT2D eigenvalue weighted by Crippen LogP contribution is 2.41. The maximum Gasteiger partial charge on any atom is 0.272 e. The molecule has 10 heteroatoms. The van der Waals surface area contributed by atoms with Gasteiger partial charge in [0.25, 0.3) is 11.8 Å². The van der Waals surface area contributed by atoms with Crippen molar-refractivity contribution in [1.82, 2.24) is 5.32 Å². The van der Waals surface area contributed by atoms with Crippen LogP contribution in [0.5, 0.6) is 5.75 Å². The SMILES string of the molecule is COc1ccc(/C=C(/NC(=O)c2ccccc2)C(=O)Nc2cccc(SC(C(=O)Nc3sc4c(c3C#N)CCCC4)c3ccccc3)c2)cc1. The van der Waals surface area contributed by atoms with E-state index in [4.69, 9.17) is 4.74 Å². The third-order valence-electron chi connectivity index (χ3n) is 8.16. The minimum absolute atomic E-state index is 0.0514. The van der Waals surface area contributed by atoms with E-state index in [1.165, 1.54) is 28.0 Å². The number of anilines is 2. The number of thiophene rings is 1. The molecule has 250 valence electrons. The molecule has 0 saturated heterocycles. The van der Waals surface area contributed by atoms with Crippen molar-refractivity contribution < 1.29 is 19.1 Å². The third kappa shape index (κ3) is 8.32. The molecule has 5 aromatic rings. The molecule has 1 aromatic heterocycles. The highest BCUT2D eigenvalue weighted by atomic mass is 32.2. The summed E-state index contributed by atoms with van der Waals surface area (Å²) < 4.78 is 5.25. The number of methoxy groups -OCH3 is 1. The molecule has 0 spiro atoms. The summed E-state index contributed by atoms with van der Waals surface area (Å²) in [5.74, 6) is -0.514. The van der Waals surface area contributed by atoms with Crippen LogP contribution in [-0.2, 0) is 22.4 Å². The van der Waals surface area contributed by atoms with Gasteiger partial charge in [-0.25, -0.2) is 0 Å². The molecule has 0 saturated carbocycles. The number of carbonyl (C=O) groups is 3. The quantitative estimate of drug-likeness (QED) is 0.0942. The van der Waals surface area contributed by atoms with Crippen LogP contribution < -0.4 is 20.7 Å². The number of benzene rings is 4. The van der Waals surface area contributed by atoms with Gasteiger partial charge in [-0.2, -0.15) is 5.26 Å². The number of fused-ring (bicyclic) bond motifs is 1. The van der Waals surface area contributed by atoms with Gasteiger partial charge in [0.1, 0.15) is 27.8 Å². The van der Waals surface area contributed by atoms with Gasteiger partial charge >= 0.3 is 0 Å². The molecule has 1 aliphatic carbocycles. The van der Waals surface area contributed by atoms with Crippen molar-refractivity contribution in [3.63, 3.8) is 0 Å². The molecule has 3 N–H and O–H groups in total. The Morgan fingerprint density at radius 3 is 2.32 bits per heavy atom. The van der Waals surface area contributed by atoms with Crippen molar-refractivity contribution in [3.8, 4) is 11.8 Å². The highest BCUT2D eigenvalue weighted by Gasteiger charge is 2.27. The predicted molar refractivity (Wildman–Crippen MR) is 199 cm³/mol. The van der Waals surface area contributed by atoms with Crippen molar-refractivity contribution in [2.24, 2.45) is 0 Å². The van der Waals surface area contributed by atoms with Crippen LogP contribution in [0.3, 0.4) is 0 Å². The van der Waals surface area contributed by atoms with Gasteiger partial charge in [0, 0.05) is 21.0 Å². The summed E-state index contributed by atoms with van der Waals surface area (Å²) in [5.41, 5.74) is 4.07. The maximum atomic E-state index is 13.9. The summed E-state index contributed by atoms with van der Waals surface area (Å²) in [5, 5.41) is 18.7. The Morgan fingerprint density at radius 1 is 0.880 bits per heavy atom. The molecule has 6 rings (SSSR count). The normalized spacial score (nSPS) is 12.9. The van der Waals surface area contributed by atoms with E-state index in [-0.39, 0.29) is 11.6 Å². The maximum absolute atomic E-state index is 13.9. The lowest BCUT2D eigenvalue weighted by molar-refractivity contribution is -0.116. The van der Waals surface area contributed by atoms with Gasteiger partial charge in [-0.1, -0.05) is 66.7 Å². The zero-order valence-electron chi connectivity index (χ0n) is 27.3. The molecule has 1 unspecified atom stereocenters. The lowest BCUT2D eigenvalue weighted by Gasteiger charge is -2.17. The fourth-order valence-corrected chi connectivity index (χ4v) is 7.97. The number of nitrogens with one attached hydrogen (secondary N) is 3. The Morgan fingerprint density at radius 2 is 1.60 bits per heavy atom. The van der Waals surface area contributed by atoms with Crippen LogP contribution in [0.15, 0.2) is 120 Å². The summed E-state index contributed by atoms with van der Waals surface area (Å²) in [6, 6.07) is 34.8. The molecule has 0 bridgehead atoms. The van der Waals surface area contributed by atoms with Crippen molar-refractivity contribution in [1.29, 1.82) is 5.26 Å². The standard InChI is InChI=1S/C40H34N4O4S2/c1-48-30-21-19-26(20-22-30)23-34(43-37(45)28-13-6-3-7-14-28)38(46)42-29-15-10-16-31(24-29)49-36(27-11-4-2-5-12-27)39(47)44-40-33(25-41)32-17-8-9-18-35(32)50-40/h2-7,10-16,19-24,36H,8-9,17-18H2,1H3,(H,42,46)(H,43,45)(H,44,47)/b34-23+. The molecule has 3 amide bonds. The van der Waals surface area contributed by atoms with Crippen LogP contribution in [-0.4, -0.2) is 24.8 Å². The third-order valence-corrected chi connectivity index (χ3v) is 10.6. The first-order valence-corrected chi connectivity index (χ1v) is 17.8. The van der Waals surface area contributed by atoms with Gasteiger partial charge < -0.3 is 20.7 Å². The average Bonchev–Trinajstić information content (AvgIpc) is 3.51. The van der Waals surface area contributed by atoms with E-state index in [0.717, 1.165) is 41.7 Å². The number of thioether (sulfide) groups is 1. The van der Waals surface area contributed by atoms with Crippen LogP contribution >= 0.6 is 23.1 Å². The van der Waals surface area contributed by atoms with Gasteiger partial charge in [-0.05, 0) is 90.9 Å². The molecule has 0 fully saturated rings. The number of nitriles is 1. The topological polar surface area (TPSA) is 120 Å². The monoisotopic (exact) mass is 698 g/mol. The van der Waals surface area contributed by atoms with E-state index >= 15 is 0 Å². The van der Waals surface area contributed by atoms with E-state index < -0.39 is 17.1 Å². The number of aryl methyl sites for hydroxylation is 1. The molecule has 8 nitrogen and oxygen atoms in total. The average molecular weight is 699 g/mol. The first-order chi connectivity index (χ1) is 24.4. The molecular weight excluding hydrogens is 665 g/mol. The molecule has 0 aliphatic heterocycles. The molecule has 1 aliphatic rings. The first kappa shape index (κ1) is 34.2. The largest absolute Gasteiger partial charge is 0.497 e. The summed E-state index contributed by atoms with van der Waals surface area (Å²) >= 11 is 2.84. The van der Waals surface area contributed by atoms with Crippen molar-refractivity contribution in [3.05, 3.63) is 148 Å². The van der Waals surface area contributed by atoms with Gasteiger partial charge in [0.15, 0.2) is 0 Å². The number of nitrogens with zero attached hydrogens (tertiary/aromatic N) is 1. The summed E-state index contributed by atoms with van der Waals surface area (Å²) in [6.45, 7) is 0. The lowest BCUT2D eigenvalue weighted by Crippen LogP contribution is -2.30. The van der Waals surface area contributed by atoms with Crippen LogP contribution in [0.1, 0.15) is 55.6 Å². The van der Waals surface area contributed by atoms with E-state index in [0.29, 0.717) is 33.1 Å². The Kier molecular flexibility index (Phi) is 11.1. The summed E-state index contributed by atoms with van der Waals surface area (Å²) in [4.78, 5) is 42.6. The van der Waals surface area contributed by atoms with E-state index in [9.17, 15) is 19.6 Å². The number of ether oxygens (including phenoxy) is 1. The van der Waals surface area contributed by atoms with Crippen LogP contribution in [0, 0.1) is 11.3 Å². The minimum Gasteiger partial charge on any atom is -0.497 e. The van der Waals surface area contributed by atoms with Crippen LogP contribution in [0.25, 0.3) is 6.08 Å². The molecule has 1 atom stereocenters. The fourth-order valence-electron chi connectivity index (χ4n) is 5.64. The number of hydrogen-bond donors (Lipinski definition) is 3. The number of carbonyl (C=O) groups excluding carboxylic acids is 3. The van der Waals surface area contributed by atoms with E-state index in [1.54, 1.807) is 79.9 Å². The van der Waals surface area contributed by atoms with E-state index in [1.807, 2.05) is 42.5 Å². The zero-order chi connectivity index (χ0) is 34.9. The molecule has 4 aromatic carbocycles. The second-order valence-electron chi connectivity index (χ2n) is 11.6. The fraction of sp³-hybridized carbons (Fsp3) is 0.150. The predicted octanol–water partition coefficient (Wildman–Crippen LogP) is 8.39. The van der Waals surface area contributed by atoms with Gasteiger partial charge in [-0.3, -0.25) is 14.4 Å². The van der Waals surface area contributed by atoms with Crippen molar-refractivity contribution >= 4 is 57.6 Å². The second-order valence-corrected chi connectivity index (χ2v) is 13.8. The Labute approximate surface area is 299 Å². The number of hydrogen-bond acceptors (Lipinski definition) is 7. The van der Waals surface area contributed by atoms with Gasteiger partial charge in [0.05, 0.1) is 12.7 Å². The van der Waals surface area contributed by atoms with Crippen molar-refractivity contribution in [2.45, 2.75) is 35.8 Å².